The molecule has 98 valence electrons. The molecule has 3 heteroatoms. The minimum absolute atomic E-state index is 0.0543. The molecule has 0 amide bonds. The third-order valence-corrected chi connectivity index (χ3v) is 3.72. The van der Waals surface area contributed by atoms with Gasteiger partial charge < -0.3 is 10.0 Å². The van der Waals surface area contributed by atoms with E-state index in [1.54, 1.807) is 0 Å². The Labute approximate surface area is 113 Å². The smallest absolute Gasteiger partial charge is 0.129 e. The standard InChI is InChI=1S/C16H18N2O/c1-12-6-8-18(9-7-12)16-10-13(11-19)14-4-2-3-5-15(14)17-16/h2-6,10,19H,7-9,11H2,1H3. The van der Waals surface area contributed by atoms with E-state index < -0.39 is 0 Å². The molecular weight excluding hydrogens is 236 g/mol. The summed E-state index contributed by atoms with van der Waals surface area (Å²) in [6.07, 6.45) is 3.34. The van der Waals surface area contributed by atoms with E-state index in [0.717, 1.165) is 41.8 Å². The number of benzene rings is 1. The monoisotopic (exact) mass is 254 g/mol. The highest BCUT2D eigenvalue weighted by atomic mass is 16.3. The number of hydrogen-bond donors (Lipinski definition) is 1. The van der Waals surface area contributed by atoms with Gasteiger partial charge >= 0.3 is 0 Å². The quantitative estimate of drug-likeness (QED) is 0.837. The Morgan fingerprint density at radius 3 is 2.89 bits per heavy atom. The molecule has 0 aliphatic carbocycles. The molecule has 0 fully saturated rings. The van der Waals surface area contributed by atoms with Crippen LogP contribution in [0.2, 0.25) is 0 Å². The minimum atomic E-state index is 0.0543. The van der Waals surface area contributed by atoms with Crippen molar-refractivity contribution in [1.29, 1.82) is 0 Å². The Bertz CT molecular complexity index is 634. The van der Waals surface area contributed by atoms with Gasteiger partial charge in [0.05, 0.1) is 12.1 Å². The van der Waals surface area contributed by atoms with Crippen molar-refractivity contribution in [3.8, 4) is 0 Å². The molecule has 1 aliphatic rings. The highest BCUT2D eigenvalue weighted by molar-refractivity contribution is 5.84. The fourth-order valence-corrected chi connectivity index (χ4v) is 2.50. The Morgan fingerprint density at radius 2 is 2.16 bits per heavy atom. The van der Waals surface area contributed by atoms with Gasteiger partial charge in [-0.25, -0.2) is 4.98 Å². The SMILES string of the molecule is CC1=CCN(c2cc(CO)c3ccccc3n2)CC1. The molecule has 0 saturated carbocycles. The Morgan fingerprint density at radius 1 is 1.32 bits per heavy atom. The van der Waals surface area contributed by atoms with Crippen molar-refractivity contribution in [2.24, 2.45) is 0 Å². The van der Waals surface area contributed by atoms with Crippen LogP contribution in [0.5, 0.6) is 0 Å². The van der Waals surface area contributed by atoms with Gasteiger partial charge in [0.15, 0.2) is 0 Å². The average Bonchev–Trinajstić information content (AvgIpc) is 2.47. The van der Waals surface area contributed by atoms with Crippen LogP contribution in [0.25, 0.3) is 10.9 Å². The van der Waals surface area contributed by atoms with E-state index in [0.29, 0.717) is 0 Å². The Kier molecular flexibility index (Phi) is 3.22. The second-order valence-corrected chi connectivity index (χ2v) is 5.06. The lowest BCUT2D eigenvalue weighted by atomic mass is 10.1. The molecule has 2 aromatic rings. The molecule has 0 atom stereocenters. The van der Waals surface area contributed by atoms with Gasteiger partial charge in [-0.1, -0.05) is 29.8 Å². The summed E-state index contributed by atoms with van der Waals surface area (Å²) in [6, 6.07) is 9.99. The van der Waals surface area contributed by atoms with Gasteiger partial charge in [0.2, 0.25) is 0 Å². The van der Waals surface area contributed by atoms with Crippen LogP contribution >= 0.6 is 0 Å². The molecule has 2 heterocycles. The van der Waals surface area contributed by atoms with E-state index in [1.807, 2.05) is 30.3 Å². The fourth-order valence-electron chi connectivity index (χ4n) is 2.50. The third kappa shape index (κ3) is 2.34. The molecule has 1 aromatic heterocycles. The number of pyridine rings is 1. The largest absolute Gasteiger partial charge is 0.392 e. The first kappa shape index (κ1) is 12.2. The van der Waals surface area contributed by atoms with Crippen LogP contribution in [0.3, 0.4) is 0 Å². The number of para-hydroxylation sites is 1. The normalized spacial score (nSPS) is 15.7. The predicted molar refractivity (Wildman–Crippen MR) is 78.3 cm³/mol. The van der Waals surface area contributed by atoms with Gasteiger partial charge in [0.1, 0.15) is 5.82 Å². The first-order valence-corrected chi connectivity index (χ1v) is 6.68. The lowest BCUT2D eigenvalue weighted by molar-refractivity contribution is 0.283. The van der Waals surface area contributed by atoms with E-state index >= 15 is 0 Å². The lowest BCUT2D eigenvalue weighted by Crippen LogP contribution is -2.29. The van der Waals surface area contributed by atoms with Gasteiger partial charge in [0, 0.05) is 18.5 Å². The van der Waals surface area contributed by atoms with Crippen molar-refractivity contribution < 1.29 is 5.11 Å². The molecule has 1 aliphatic heterocycles. The second-order valence-electron chi connectivity index (χ2n) is 5.06. The van der Waals surface area contributed by atoms with Gasteiger partial charge in [-0.2, -0.15) is 0 Å². The molecule has 19 heavy (non-hydrogen) atoms. The van der Waals surface area contributed by atoms with Crippen molar-refractivity contribution in [3.63, 3.8) is 0 Å². The zero-order valence-corrected chi connectivity index (χ0v) is 11.1. The van der Waals surface area contributed by atoms with Crippen molar-refractivity contribution in [2.45, 2.75) is 20.0 Å². The van der Waals surface area contributed by atoms with Gasteiger partial charge in [-0.15, -0.1) is 0 Å². The second kappa shape index (κ2) is 5.02. The first-order valence-electron chi connectivity index (χ1n) is 6.68. The van der Waals surface area contributed by atoms with Crippen LogP contribution in [0.4, 0.5) is 5.82 Å². The van der Waals surface area contributed by atoms with Crippen LogP contribution in [0.1, 0.15) is 18.9 Å². The van der Waals surface area contributed by atoms with E-state index in [-0.39, 0.29) is 6.61 Å². The van der Waals surface area contributed by atoms with Crippen LogP contribution in [-0.4, -0.2) is 23.2 Å². The summed E-state index contributed by atoms with van der Waals surface area (Å²) >= 11 is 0. The zero-order chi connectivity index (χ0) is 13.2. The minimum Gasteiger partial charge on any atom is -0.392 e. The molecule has 1 aromatic carbocycles. The summed E-state index contributed by atoms with van der Waals surface area (Å²) in [5, 5.41) is 10.6. The van der Waals surface area contributed by atoms with E-state index in [9.17, 15) is 5.11 Å². The number of hydrogen-bond acceptors (Lipinski definition) is 3. The van der Waals surface area contributed by atoms with Crippen LogP contribution in [-0.2, 0) is 6.61 Å². The average molecular weight is 254 g/mol. The summed E-state index contributed by atoms with van der Waals surface area (Å²) in [7, 11) is 0. The van der Waals surface area contributed by atoms with Crippen molar-refractivity contribution >= 4 is 16.7 Å². The fraction of sp³-hybridized carbons (Fsp3) is 0.312. The maximum absolute atomic E-state index is 9.54. The number of anilines is 1. The van der Waals surface area contributed by atoms with Crippen LogP contribution in [0, 0.1) is 0 Å². The van der Waals surface area contributed by atoms with Gasteiger partial charge in [-0.3, -0.25) is 0 Å². The van der Waals surface area contributed by atoms with Crippen LogP contribution < -0.4 is 4.90 Å². The number of aliphatic hydroxyl groups excluding tert-OH is 1. The molecule has 0 bridgehead atoms. The maximum atomic E-state index is 9.54. The molecule has 3 nitrogen and oxygen atoms in total. The van der Waals surface area contributed by atoms with E-state index in [4.69, 9.17) is 4.98 Å². The number of rotatable bonds is 2. The van der Waals surface area contributed by atoms with E-state index in [1.165, 1.54) is 5.57 Å². The highest BCUT2D eigenvalue weighted by Crippen LogP contribution is 2.24. The molecule has 0 saturated heterocycles. The zero-order valence-electron chi connectivity index (χ0n) is 11.1. The van der Waals surface area contributed by atoms with Gasteiger partial charge in [-0.05, 0) is 31.0 Å². The van der Waals surface area contributed by atoms with Crippen LogP contribution in [0.15, 0.2) is 42.0 Å². The maximum Gasteiger partial charge on any atom is 0.129 e. The van der Waals surface area contributed by atoms with Gasteiger partial charge in [0.25, 0.3) is 0 Å². The summed E-state index contributed by atoms with van der Waals surface area (Å²) in [5.41, 5.74) is 3.35. The Balaban J connectivity index is 2.05. The molecular formula is C16H18N2O. The van der Waals surface area contributed by atoms with Crippen molar-refractivity contribution in [1.82, 2.24) is 4.98 Å². The lowest BCUT2D eigenvalue weighted by Gasteiger charge is -2.27. The molecule has 0 spiro atoms. The molecule has 0 radical (unpaired) electrons. The summed E-state index contributed by atoms with van der Waals surface area (Å²) in [5.74, 6) is 0.964. The molecule has 3 rings (SSSR count). The highest BCUT2D eigenvalue weighted by Gasteiger charge is 2.13. The molecule has 1 N–H and O–H groups in total. The predicted octanol–water partition coefficient (Wildman–Crippen LogP) is 2.88. The van der Waals surface area contributed by atoms with Crippen molar-refractivity contribution in [3.05, 3.63) is 47.5 Å². The Hall–Kier alpha value is -1.87. The number of fused-ring (bicyclic) bond motifs is 1. The topological polar surface area (TPSA) is 36.4 Å². The summed E-state index contributed by atoms with van der Waals surface area (Å²) < 4.78 is 0. The summed E-state index contributed by atoms with van der Waals surface area (Å²) in [6.45, 7) is 4.13. The van der Waals surface area contributed by atoms with E-state index in [2.05, 4.69) is 17.9 Å². The first-order chi connectivity index (χ1) is 9.28. The van der Waals surface area contributed by atoms with Crippen molar-refractivity contribution in [2.75, 3.05) is 18.0 Å². The number of nitrogens with zero attached hydrogens (tertiary/aromatic N) is 2. The molecule has 0 unspecified atom stereocenters. The third-order valence-electron chi connectivity index (χ3n) is 3.72. The summed E-state index contributed by atoms with van der Waals surface area (Å²) in [4.78, 5) is 6.98. The number of aliphatic hydroxyl groups is 1. The number of aromatic nitrogens is 1.